The summed E-state index contributed by atoms with van der Waals surface area (Å²) in [7, 11) is 1.45. The van der Waals surface area contributed by atoms with Crippen molar-refractivity contribution < 1.29 is 9.66 Å². The Morgan fingerprint density at radius 1 is 1.56 bits per heavy atom. The molecule has 1 N–H and O–H groups in total. The van der Waals surface area contributed by atoms with E-state index in [1.54, 1.807) is 12.1 Å². The summed E-state index contributed by atoms with van der Waals surface area (Å²) < 4.78 is 5.04. The molecule has 16 heavy (non-hydrogen) atoms. The van der Waals surface area contributed by atoms with E-state index in [4.69, 9.17) is 4.74 Å². The summed E-state index contributed by atoms with van der Waals surface area (Å²) in [6.07, 6.45) is 2.21. The van der Waals surface area contributed by atoms with E-state index >= 15 is 0 Å². The zero-order chi connectivity index (χ0) is 11.5. The first kappa shape index (κ1) is 10.9. The fraction of sp³-hybridized carbons (Fsp3) is 0.455. The average molecular weight is 222 g/mol. The lowest BCUT2D eigenvalue weighted by molar-refractivity contribution is -0.385. The molecule has 0 aliphatic carbocycles. The van der Waals surface area contributed by atoms with Gasteiger partial charge in [0, 0.05) is 12.1 Å². The Bertz CT molecular complexity index is 400. The normalized spacial score (nSPS) is 19.7. The number of nitrogens with zero attached hydrogens (tertiary/aromatic N) is 1. The molecule has 1 heterocycles. The van der Waals surface area contributed by atoms with Gasteiger partial charge >= 0.3 is 5.69 Å². The van der Waals surface area contributed by atoms with E-state index in [-0.39, 0.29) is 5.69 Å². The predicted octanol–water partition coefficient (Wildman–Crippen LogP) is 2.03. The number of nitro benzene ring substituents is 1. The number of benzene rings is 1. The first-order valence-corrected chi connectivity index (χ1v) is 5.28. The smallest absolute Gasteiger partial charge is 0.310 e. The van der Waals surface area contributed by atoms with Crippen LogP contribution in [0.3, 0.4) is 0 Å². The zero-order valence-electron chi connectivity index (χ0n) is 9.10. The van der Waals surface area contributed by atoms with Crippen LogP contribution in [0.1, 0.15) is 24.4 Å². The summed E-state index contributed by atoms with van der Waals surface area (Å²) in [6.45, 7) is 1.00. The molecule has 0 spiro atoms. The molecule has 0 aromatic heterocycles. The Hall–Kier alpha value is -1.62. The number of methoxy groups -OCH3 is 1. The van der Waals surface area contributed by atoms with Gasteiger partial charge in [-0.3, -0.25) is 10.1 Å². The molecule has 1 aromatic carbocycles. The molecule has 0 amide bonds. The van der Waals surface area contributed by atoms with E-state index in [0.29, 0.717) is 11.8 Å². The Balaban J connectivity index is 2.32. The third-order valence-corrected chi connectivity index (χ3v) is 2.86. The van der Waals surface area contributed by atoms with Crippen molar-refractivity contribution in [2.75, 3.05) is 13.7 Å². The molecule has 1 saturated heterocycles. The highest BCUT2D eigenvalue weighted by molar-refractivity contribution is 5.49. The van der Waals surface area contributed by atoms with Gasteiger partial charge in [0.2, 0.25) is 0 Å². The molecule has 0 radical (unpaired) electrons. The van der Waals surface area contributed by atoms with Gasteiger partial charge in [0.1, 0.15) is 0 Å². The third-order valence-electron chi connectivity index (χ3n) is 2.86. The van der Waals surface area contributed by atoms with Gasteiger partial charge in [-0.1, -0.05) is 6.07 Å². The minimum Gasteiger partial charge on any atom is -0.490 e. The highest BCUT2D eigenvalue weighted by Crippen LogP contribution is 2.32. The summed E-state index contributed by atoms with van der Waals surface area (Å²) in [5.41, 5.74) is 1.07. The molecule has 86 valence electrons. The van der Waals surface area contributed by atoms with Gasteiger partial charge < -0.3 is 10.1 Å². The van der Waals surface area contributed by atoms with Crippen LogP contribution in [0.15, 0.2) is 18.2 Å². The van der Waals surface area contributed by atoms with Crippen LogP contribution in [0.4, 0.5) is 5.69 Å². The van der Waals surface area contributed by atoms with Crippen molar-refractivity contribution in [3.05, 3.63) is 33.9 Å². The van der Waals surface area contributed by atoms with Gasteiger partial charge in [-0.25, -0.2) is 0 Å². The Morgan fingerprint density at radius 2 is 2.38 bits per heavy atom. The lowest BCUT2D eigenvalue weighted by Gasteiger charge is -2.11. The number of ether oxygens (including phenoxy) is 1. The molecule has 1 unspecified atom stereocenters. The van der Waals surface area contributed by atoms with Crippen LogP contribution in [0.5, 0.6) is 5.75 Å². The van der Waals surface area contributed by atoms with Crippen molar-refractivity contribution in [2.45, 2.75) is 18.9 Å². The maximum absolute atomic E-state index is 10.7. The molecule has 1 aliphatic rings. The van der Waals surface area contributed by atoms with Crippen molar-refractivity contribution in [1.82, 2.24) is 5.32 Å². The lowest BCUT2D eigenvalue weighted by Crippen LogP contribution is -2.12. The number of rotatable bonds is 3. The molecule has 1 aliphatic heterocycles. The van der Waals surface area contributed by atoms with E-state index in [1.165, 1.54) is 13.2 Å². The first-order chi connectivity index (χ1) is 7.72. The first-order valence-electron chi connectivity index (χ1n) is 5.28. The van der Waals surface area contributed by atoms with E-state index in [9.17, 15) is 10.1 Å². The molecule has 0 saturated carbocycles. The number of hydrogen-bond donors (Lipinski definition) is 1. The Kier molecular flexibility index (Phi) is 3.05. The molecule has 0 bridgehead atoms. The molecule has 5 nitrogen and oxygen atoms in total. The van der Waals surface area contributed by atoms with Crippen LogP contribution < -0.4 is 10.1 Å². The van der Waals surface area contributed by atoms with Gasteiger partial charge in [0.25, 0.3) is 0 Å². The predicted molar refractivity (Wildman–Crippen MR) is 59.6 cm³/mol. The molecular formula is C11H14N2O3. The van der Waals surface area contributed by atoms with Crippen molar-refractivity contribution in [1.29, 1.82) is 0 Å². The second kappa shape index (κ2) is 4.49. The monoisotopic (exact) mass is 222 g/mol. The fourth-order valence-corrected chi connectivity index (χ4v) is 2.03. The molecule has 5 heteroatoms. The van der Waals surface area contributed by atoms with Gasteiger partial charge in [-0.05, 0) is 31.0 Å². The highest BCUT2D eigenvalue weighted by Gasteiger charge is 2.20. The Morgan fingerprint density at radius 3 is 2.94 bits per heavy atom. The van der Waals surface area contributed by atoms with Crippen LogP contribution in [0, 0.1) is 10.1 Å². The molecule has 2 rings (SSSR count). The van der Waals surface area contributed by atoms with E-state index in [1.807, 2.05) is 0 Å². The Labute approximate surface area is 93.6 Å². The molecule has 1 fully saturated rings. The van der Waals surface area contributed by atoms with Crippen molar-refractivity contribution >= 4 is 5.69 Å². The molecule has 1 aromatic rings. The van der Waals surface area contributed by atoms with Crippen LogP contribution in [-0.4, -0.2) is 18.6 Å². The largest absolute Gasteiger partial charge is 0.490 e. The van der Waals surface area contributed by atoms with E-state index < -0.39 is 4.92 Å². The van der Waals surface area contributed by atoms with Gasteiger partial charge in [0.05, 0.1) is 12.0 Å². The number of nitrogens with one attached hydrogen (secondary N) is 1. The third kappa shape index (κ3) is 1.99. The lowest BCUT2D eigenvalue weighted by atomic mass is 10.0. The van der Waals surface area contributed by atoms with Crippen LogP contribution >= 0.6 is 0 Å². The summed E-state index contributed by atoms with van der Waals surface area (Å²) in [5, 5.41) is 14.1. The van der Waals surface area contributed by atoms with E-state index in [0.717, 1.165) is 24.9 Å². The van der Waals surface area contributed by atoms with Crippen molar-refractivity contribution in [2.24, 2.45) is 0 Å². The molecule has 1 atom stereocenters. The van der Waals surface area contributed by atoms with Crippen LogP contribution in [-0.2, 0) is 0 Å². The van der Waals surface area contributed by atoms with Crippen LogP contribution in [0.2, 0.25) is 0 Å². The number of nitro groups is 1. The minimum absolute atomic E-state index is 0.0178. The zero-order valence-corrected chi connectivity index (χ0v) is 9.10. The van der Waals surface area contributed by atoms with Gasteiger partial charge in [0.15, 0.2) is 5.75 Å². The fourth-order valence-electron chi connectivity index (χ4n) is 2.03. The maximum atomic E-state index is 10.7. The topological polar surface area (TPSA) is 64.4 Å². The summed E-state index contributed by atoms with van der Waals surface area (Å²) >= 11 is 0. The summed E-state index contributed by atoms with van der Waals surface area (Å²) in [5.74, 6) is 0.330. The van der Waals surface area contributed by atoms with E-state index in [2.05, 4.69) is 5.32 Å². The average Bonchev–Trinajstić information content (AvgIpc) is 2.81. The summed E-state index contributed by atoms with van der Waals surface area (Å²) in [4.78, 5) is 10.3. The standard InChI is InChI=1S/C11H14N2O3/c1-16-11-7-8(9-3-2-6-12-9)4-5-10(11)13(14)15/h4-5,7,9,12H,2-3,6H2,1H3. The van der Waals surface area contributed by atoms with Gasteiger partial charge in [-0.2, -0.15) is 0 Å². The minimum atomic E-state index is -0.426. The maximum Gasteiger partial charge on any atom is 0.310 e. The van der Waals surface area contributed by atoms with Crippen molar-refractivity contribution in [3.63, 3.8) is 0 Å². The molecular weight excluding hydrogens is 208 g/mol. The summed E-state index contributed by atoms with van der Waals surface area (Å²) in [6, 6.07) is 5.36. The quantitative estimate of drug-likeness (QED) is 0.627. The van der Waals surface area contributed by atoms with Gasteiger partial charge in [-0.15, -0.1) is 0 Å². The van der Waals surface area contributed by atoms with Crippen LogP contribution in [0.25, 0.3) is 0 Å². The highest BCUT2D eigenvalue weighted by atomic mass is 16.6. The second-order valence-electron chi connectivity index (χ2n) is 3.84. The SMILES string of the molecule is COc1cc(C2CCCN2)ccc1[N+](=O)[O-]. The van der Waals surface area contributed by atoms with Crippen molar-refractivity contribution in [3.8, 4) is 5.75 Å². The number of hydrogen-bond acceptors (Lipinski definition) is 4. The second-order valence-corrected chi connectivity index (χ2v) is 3.84.